The maximum atomic E-state index is 12.5. The Morgan fingerprint density at radius 2 is 1.83 bits per heavy atom. The van der Waals surface area contributed by atoms with Gasteiger partial charge in [0.25, 0.3) is 0 Å². The van der Waals surface area contributed by atoms with Crippen molar-refractivity contribution in [2.24, 2.45) is 10.2 Å². The average Bonchev–Trinajstić information content (AvgIpc) is 2.74. The van der Waals surface area contributed by atoms with Gasteiger partial charge in [0.05, 0.1) is 10.6 Å². The van der Waals surface area contributed by atoms with Gasteiger partial charge in [0.2, 0.25) is 15.9 Å². The fourth-order valence-electron chi connectivity index (χ4n) is 2.51. The molecule has 0 saturated carbocycles. The maximum Gasteiger partial charge on any atom is 0.244 e. The highest BCUT2D eigenvalue weighted by molar-refractivity contribution is 8.14. The van der Waals surface area contributed by atoms with Gasteiger partial charge >= 0.3 is 0 Å². The number of thioether (sulfide) groups is 1. The summed E-state index contributed by atoms with van der Waals surface area (Å²) in [6.07, 6.45) is 0.287. The quantitative estimate of drug-likeness (QED) is 0.706. The molecule has 0 spiro atoms. The molecule has 3 rings (SSSR count). The minimum Gasteiger partial charge on any atom is -0.302 e. The summed E-state index contributed by atoms with van der Waals surface area (Å²) in [5.74, 6) is 0.0381. The highest BCUT2D eigenvalue weighted by Crippen LogP contribution is 2.17. The Morgan fingerprint density at radius 1 is 1.14 bits per heavy atom. The van der Waals surface area contributed by atoms with E-state index < -0.39 is 22.0 Å². The monoisotopic (exact) mass is 450 g/mol. The van der Waals surface area contributed by atoms with Crippen LogP contribution in [0.3, 0.4) is 0 Å². The van der Waals surface area contributed by atoms with Crippen LogP contribution >= 0.6 is 23.4 Å². The van der Waals surface area contributed by atoms with Crippen LogP contribution < -0.4 is 10.0 Å². The number of halogens is 1. The molecule has 1 atom stereocenters. The molecule has 1 heterocycles. The number of rotatable bonds is 6. The van der Waals surface area contributed by atoms with E-state index in [1.54, 1.807) is 37.3 Å². The zero-order valence-electron chi connectivity index (χ0n) is 15.5. The molecule has 0 fully saturated rings. The molecule has 1 aliphatic rings. The number of carbonyl (C=O) groups is 1. The summed E-state index contributed by atoms with van der Waals surface area (Å²) < 4.78 is 27.4. The van der Waals surface area contributed by atoms with Gasteiger partial charge in [-0.15, -0.1) is 5.10 Å². The van der Waals surface area contributed by atoms with Crippen LogP contribution in [0.2, 0.25) is 5.02 Å². The predicted octanol–water partition coefficient (Wildman–Crippen LogP) is 3.02. The van der Waals surface area contributed by atoms with Crippen LogP contribution in [0.1, 0.15) is 18.9 Å². The van der Waals surface area contributed by atoms with E-state index in [1.165, 1.54) is 23.9 Å². The van der Waals surface area contributed by atoms with Crippen LogP contribution in [0.4, 0.5) is 0 Å². The third kappa shape index (κ3) is 5.66. The van der Waals surface area contributed by atoms with E-state index in [9.17, 15) is 13.2 Å². The van der Waals surface area contributed by atoms with Gasteiger partial charge in [-0.05, 0) is 36.2 Å². The van der Waals surface area contributed by atoms with Crippen molar-refractivity contribution >= 4 is 50.2 Å². The fraction of sp³-hybridized carbons (Fsp3) is 0.211. The van der Waals surface area contributed by atoms with Crippen molar-refractivity contribution in [1.82, 2.24) is 10.0 Å². The summed E-state index contributed by atoms with van der Waals surface area (Å²) in [6, 6.07) is 14.2. The van der Waals surface area contributed by atoms with E-state index in [-0.39, 0.29) is 11.3 Å². The van der Waals surface area contributed by atoms with E-state index >= 15 is 0 Å². The highest BCUT2D eigenvalue weighted by Gasteiger charge is 2.26. The number of sulfonamides is 1. The van der Waals surface area contributed by atoms with Gasteiger partial charge in [0.1, 0.15) is 6.04 Å². The van der Waals surface area contributed by atoms with Crippen molar-refractivity contribution in [1.29, 1.82) is 0 Å². The molecule has 0 radical (unpaired) electrons. The number of carbonyl (C=O) groups excluding carboxylic acids is 1. The Bertz CT molecular complexity index is 1040. The Kier molecular flexibility index (Phi) is 7.07. The molecular formula is C19H19ClN4O3S2. The lowest BCUT2D eigenvalue weighted by Crippen LogP contribution is -2.47. The molecule has 1 aliphatic heterocycles. The lowest BCUT2D eigenvalue weighted by molar-refractivity contribution is -0.121. The first kappa shape index (κ1) is 21.5. The zero-order chi connectivity index (χ0) is 20.9. The Balaban J connectivity index is 1.66. The van der Waals surface area contributed by atoms with E-state index in [1.807, 2.05) is 12.1 Å². The van der Waals surface area contributed by atoms with Crippen LogP contribution in [-0.4, -0.2) is 37.0 Å². The molecule has 0 unspecified atom stereocenters. The molecule has 2 aromatic carbocycles. The standard InChI is InChI=1S/C19H19ClN4O3S2/c1-2-16(24-29(26,27)15-6-4-3-5-7-15)18(25)21-19-23-22-17(12-28-19)13-8-10-14(20)11-9-13/h3-11,16,24H,2,12H2,1H3,(H,21,23,25)/t16-/m0/s1. The van der Waals surface area contributed by atoms with E-state index in [2.05, 4.69) is 20.2 Å². The molecule has 10 heteroatoms. The molecule has 152 valence electrons. The molecular weight excluding hydrogens is 432 g/mol. The molecule has 0 aliphatic carbocycles. The van der Waals surface area contributed by atoms with Crippen molar-refractivity contribution in [2.75, 3.05) is 5.75 Å². The lowest BCUT2D eigenvalue weighted by Gasteiger charge is -2.18. The minimum atomic E-state index is -3.80. The van der Waals surface area contributed by atoms with Gasteiger partial charge < -0.3 is 5.32 Å². The van der Waals surface area contributed by atoms with Gasteiger partial charge in [-0.2, -0.15) is 9.82 Å². The van der Waals surface area contributed by atoms with Gasteiger partial charge in [0.15, 0.2) is 5.17 Å². The number of benzene rings is 2. The second kappa shape index (κ2) is 9.53. The molecule has 7 nitrogen and oxygen atoms in total. The normalized spacial score (nSPS) is 15.2. The van der Waals surface area contributed by atoms with Crippen molar-refractivity contribution in [3.63, 3.8) is 0 Å². The molecule has 0 saturated heterocycles. The van der Waals surface area contributed by atoms with Crippen LogP contribution in [0.15, 0.2) is 69.7 Å². The van der Waals surface area contributed by atoms with Crippen LogP contribution in [-0.2, 0) is 14.8 Å². The number of nitrogens with zero attached hydrogens (tertiary/aromatic N) is 2. The Morgan fingerprint density at radius 3 is 2.41 bits per heavy atom. The summed E-state index contributed by atoms with van der Waals surface area (Å²) in [6.45, 7) is 1.73. The minimum absolute atomic E-state index is 0.104. The Hall–Kier alpha value is -2.20. The Labute approximate surface area is 178 Å². The molecule has 2 aromatic rings. The summed E-state index contributed by atoms with van der Waals surface area (Å²) in [5.41, 5.74) is 1.67. The van der Waals surface area contributed by atoms with Crippen LogP contribution in [0.5, 0.6) is 0 Å². The van der Waals surface area contributed by atoms with Crippen molar-refractivity contribution in [2.45, 2.75) is 24.3 Å². The van der Waals surface area contributed by atoms with E-state index in [0.29, 0.717) is 15.9 Å². The van der Waals surface area contributed by atoms with Crippen LogP contribution in [0.25, 0.3) is 0 Å². The molecule has 2 N–H and O–H groups in total. The van der Waals surface area contributed by atoms with Crippen molar-refractivity contribution in [3.8, 4) is 0 Å². The second-order valence-corrected chi connectivity index (χ2v) is 9.25. The average molecular weight is 451 g/mol. The predicted molar refractivity (Wildman–Crippen MR) is 117 cm³/mol. The number of hydrogen-bond donors (Lipinski definition) is 2. The summed E-state index contributed by atoms with van der Waals surface area (Å²) in [4.78, 5) is 12.6. The third-order valence-corrected chi connectivity index (χ3v) is 6.70. The van der Waals surface area contributed by atoms with Crippen LogP contribution in [0, 0.1) is 0 Å². The molecule has 0 bridgehead atoms. The zero-order valence-corrected chi connectivity index (χ0v) is 17.9. The first-order valence-electron chi connectivity index (χ1n) is 8.80. The lowest BCUT2D eigenvalue weighted by atomic mass is 10.1. The van der Waals surface area contributed by atoms with Gasteiger partial charge in [-0.1, -0.05) is 60.6 Å². The molecule has 29 heavy (non-hydrogen) atoms. The SMILES string of the molecule is CC[C@H](NS(=O)(=O)c1ccccc1)C(=O)NC1=NN=C(c2ccc(Cl)cc2)CS1. The van der Waals surface area contributed by atoms with E-state index in [4.69, 9.17) is 11.6 Å². The molecule has 0 aromatic heterocycles. The summed E-state index contributed by atoms with van der Waals surface area (Å²) in [5, 5.41) is 11.8. The summed E-state index contributed by atoms with van der Waals surface area (Å²) in [7, 11) is -3.80. The molecule has 1 amide bonds. The number of amidine groups is 1. The van der Waals surface area contributed by atoms with Crippen molar-refractivity contribution in [3.05, 3.63) is 65.2 Å². The maximum absolute atomic E-state index is 12.5. The largest absolute Gasteiger partial charge is 0.302 e. The summed E-state index contributed by atoms with van der Waals surface area (Å²) >= 11 is 7.21. The second-order valence-electron chi connectivity index (χ2n) is 6.13. The fourth-order valence-corrected chi connectivity index (χ4v) is 4.71. The third-order valence-electron chi connectivity index (χ3n) is 4.09. The topological polar surface area (TPSA) is 100.0 Å². The van der Waals surface area contributed by atoms with Gasteiger partial charge in [-0.3, -0.25) is 4.79 Å². The highest BCUT2D eigenvalue weighted by atomic mass is 35.5. The van der Waals surface area contributed by atoms with E-state index in [0.717, 1.165) is 11.3 Å². The smallest absolute Gasteiger partial charge is 0.244 e. The van der Waals surface area contributed by atoms with Gasteiger partial charge in [-0.25, -0.2) is 8.42 Å². The van der Waals surface area contributed by atoms with Gasteiger partial charge in [0, 0.05) is 10.8 Å². The number of nitrogens with one attached hydrogen (secondary N) is 2. The number of hydrogen-bond acceptors (Lipinski definition) is 6. The first-order chi connectivity index (χ1) is 13.9. The number of amides is 1. The van der Waals surface area contributed by atoms with Crippen molar-refractivity contribution < 1.29 is 13.2 Å². The first-order valence-corrected chi connectivity index (χ1v) is 11.6.